The Balaban J connectivity index is 1.46. The molecule has 8 nitrogen and oxygen atoms in total. The van der Waals surface area contributed by atoms with Crippen molar-refractivity contribution in [2.75, 3.05) is 16.4 Å². The number of nitrogens with one attached hydrogen (secondary N) is 2. The van der Waals surface area contributed by atoms with Gasteiger partial charge in [0.25, 0.3) is 5.91 Å². The standard InChI is InChI=1S/C27H28N6O2/c1-27(2,3)33-24(28)22(25(29)34)23(32-33)19-11-15-21(16-12-19)31-26(35)30-20-13-9-18(10-14-20)17-7-5-4-6-8-17/h4-16H,28H2,1-3H3,(H2,29,34)(H2,30,31,35). The number of carbonyl (C=O) groups is 2. The van der Waals surface area contributed by atoms with Gasteiger partial charge in [0.1, 0.15) is 17.1 Å². The van der Waals surface area contributed by atoms with Gasteiger partial charge in [-0.05, 0) is 56.2 Å². The van der Waals surface area contributed by atoms with Gasteiger partial charge in [0.2, 0.25) is 0 Å². The van der Waals surface area contributed by atoms with Crippen molar-refractivity contribution < 1.29 is 9.59 Å². The number of urea groups is 1. The summed E-state index contributed by atoms with van der Waals surface area (Å²) in [5, 5.41) is 10.2. The predicted molar refractivity (Wildman–Crippen MR) is 140 cm³/mol. The third-order valence-electron chi connectivity index (χ3n) is 5.47. The van der Waals surface area contributed by atoms with Crippen molar-refractivity contribution in [2.45, 2.75) is 26.3 Å². The first kappa shape index (κ1) is 23.6. The average molecular weight is 469 g/mol. The van der Waals surface area contributed by atoms with E-state index in [9.17, 15) is 9.59 Å². The lowest BCUT2D eigenvalue weighted by Gasteiger charge is -2.20. The van der Waals surface area contributed by atoms with E-state index in [1.54, 1.807) is 28.9 Å². The van der Waals surface area contributed by atoms with Gasteiger partial charge in [0.05, 0.1) is 5.54 Å². The number of primary amides is 1. The van der Waals surface area contributed by atoms with Gasteiger partial charge < -0.3 is 22.1 Å². The third-order valence-corrected chi connectivity index (χ3v) is 5.47. The van der Waals surface area contributed by atoms with E-state index in [2.05, 4.69) is 15.7 Å². The molecule has 0 aliphatic heterocycles. The van der Waals surface area contributed by atoms with Crippen LogP contribution in [0.4, 0.5) is 22.0 Å². The summed E-state index contributed by atoms with van der Waals surface area (Å²) in [5.41, 5.74) is 16.0. The molecule has 0 bridgehead atoms. The second kappa shape index (κ2) is 9.34. The normalized spacial score (nSPS) is 11.2. The van der Waals surface area contributed by atoms with Crippen molar-refractivity contribution in [1.29, 1.82) is 0 Å². The molecule has 0 fully saturated rings. The highest BCUT2D eigenvalue weighted by molar-refractivity contribution is 6.03. The fraction of sp³-hybridized carbons (Fsp3) is 0.148. The summed E-state index contributed by atoms with van der Waals surface area (Å²) >= 11 is 0. The molecule has 4 aromatic rings. The zero-order chi connectivity index (χ0) is 25.2. The van der Waals surface area contributed by atoms with Crippen molar-refractivity contribution in [1.82, 2.24) is 9.78 Å². The van der Waals surface area contributed by atoms with Crippen LogP contribution in [-0.2, 0) is 5.54 Å². The fourth-order valence-corrected chi connectivity index (χ4v) is 3.77. The van der Waals surface area contributed by atoms with Crippen LogP contribution in [0.1, 0.15) is 31.1 Å². The van der Waals surface area contributed by atoms with Crippen LogP contribution in [0.15, 0.2) is 78.9 Å². The molecule has 1 aromatic heterocycles. The first-order valence-corrected chi connectivity index (χ1v) is 11.2. The van der Waals surface area contributed by atoms with E-state index in [4.69, 9.17) is 11.5 Å². The topological polar surface area (TPSA) is 128 Å². The van der Waals surface area contributed by atoms with Crippen LogP contribution in [0.5, 0.6) is 0 Å². The first-order chi connectivity index (χ1) is 16.6. The maximum Gasteiger partial charge on any atom is 0.323 e. The molecule has 35 heavy (non-hydrogen) atoms. The monoisotopic (exact) mass is 468 g/mol. The van der Waals surface area contributed by atoms with Crippen LogP contribution >= 0.6 is 0 Å². The molecule has 0 spiro atoms. The highest BCUT2D eigenvalue weighted by Crippen LogP contribution is 2.31. The Bertz CT molecular complexity index is 1350. The second-order valence-corrected chi connectivity index (χ2v) is 9.16. The molecule has 1 heterocycles. The molecule has 0 saturated heterocycles. The van der Waals surface area contributed by atoms with E-state index in [1.807, 2.05) is 75.4 Å². The zero-order valence-corrected chi connectivity index (χ0v) is 19.9. The van der Waals surface area contributed by atoms with Crippen molar-refractivity contribution >= 4 is 29.1 Å². The lowest BCUT2D eigenvalue weighted by Crippen LogP contribution is -2.25. The minimum Gasteiger partial charge on any atom is -0.383 e. The molecule has 0 aliphatic rings. The number of amides is 3. The summed E-state index contributed by atoms with van der Waals surface area (Å²) in [5.74, 6) is -0.423. The van der Waals surface area contributed by atoms with Gasteiger partial charge in [-0.3, -0.25) is 4.79 Å². The van der Waals surface area contributed by atoms with E-state index in [-0.39, 0.29) is 17.4 Å². The highest BCUT2D eigenvalue weighted by Gasteiger charge is 2.26. The highest BCUT2D eigenvalue weighted by atomic mass is 16.2. The number of nitrogens with zero attached hydrogens (tertiary/aromatic N) is 2. The zero-order valence-electron chi connectivity index (χ0n) is 19.9. The summed E-state index contributed by atoms with van der Waals surface area (Å²) < 4.78 is 1.59. The number of hydrogen-bond donors (Lipinski definition) is 4. The lowest BCUT2D eigenvalue weighted by molar-refractivity contribution is 0.100. The number of nitrogens with two attached hydrogens (primary N) is 2. The van der Waals surface area contributed by atoms with Gasteiger partial charge in [-0.25, -0.2) is 9.48 Å². The molecule has 4 rings (SSSR count). The van der Waals surface area contributed by atoms with Crippen LogP contribution in [0.2, 0.25) is 0 Å². The quantitative estimate of drug-likeness (QED) is 0.317. The molecule has 178 valence electrons. The Kier molecular flexibility index (Phi) is 6.29. The molecule has 0 unspecified atom stereocenters. The van der Waals surface area contributed by atoms with E-state index >= 15 is 0 Å². The van der Waals surface area contributed by atoms with Crippen LogP contribution < -0.4 is 22.1 Å². The van der Waals surface area contributed by atoms with E-state index in [1.165, 1.54) is 0 Å². The van der Waals surface area contributed by atoms with Gasteiger partial charge in [-0.15, -0.1) is 0 Å². The smallest absolute Gasteiger partial charge is 0.323 e. The number of benzene rings is 3. The van der Waals surface area contributed by atoms with Crippen LogP contribution in [0.25, 0.3) is 22.4 Å². The number of anilines is 3. The number of hydrogen-bond acceptors (Lipinski definition) is 4. The van der Waals surface area contributed by atoms with Gasteiger partial charge in [0, 0.05) is 16.9 Å². The van der Waals surface area contributed by atoms with Crippen molar-refractivity contribution in [3.8, 4) is 22.4 Å². The Hall–Kier alpha value is -4.59. The Morgan fingerprint density at radius 2 is 1.26 bits per heavy atom. The molecule has 0 saturated carbocycles. The number of rotatable bonds is 5. The molecule has 8 heteroatoms. The number of aromatic nitrogens is 2. The molecule has 3 aromatic carbocycles. The van der Waals surface area contributed by atoms with Gasteiger partial charge in [-0.1, -0.05) is 54.6 Å². The number of carbonyl (C=O) groups excluding carboxylic acids is 2. The molecule has 0 aliphatic carbocycles. The van der Waals surface area contributed by atoms with Gasteiger partial charge in [-0.2, -0.15) is 5.10 Å². The van der Waals surface area contributed by atoms with E-state index < -0.39 is 11.4 Å². The van der Waals surface area contributed by atoms with E-state index in [0.29, 0.717) is 22.6 Å². The summed E-state index contributed by atoms with van der Waals surface area (Å²) in [7, 11) is 0. The Morgan fingerprint density at radius 1 is 0.771 bits per heavy atom. The minimum atomic E-state index is -0.645. The predicted octanol–water partition coefficient (Wildman–Crippen LogP) is 5.30. The van der Waals surface area contributed by atoms with E-state index in [0.717, 1.165) is 11.1 Å². The summed E-state index contributed by atoms with van der Waals surface area (Å²) in [6, 6.07) is 24.2. The molecule has 6 N–H and O–H groups in total. The summed E-state index contributed by atoms with van der Waals surface area (Å²) in [6.45, 7) is 5.81. The van der Waals surface area contributed by atoms with Gasteiger partial charge >= 0.3 is 6.03 Å². The fourth-order valence-electron chi connectivity index (χ4n) is 3.77. The summed E-state index contributed by atoms with van der Waals surface area (Å²) in [4.78, 5) is 24.5. The Morgan fingerprint density at radius 3 is 1.74 bits per heavy atom. The molecule has 0 radical (unpaired) electrons. The maximum absolute atomic E-state index is 12.5. The van der Waals surface area contributed by atoms with Crippen molar-refractivity contribution in [3.63, 3.8) is 0 Å². The third kappa shape index (κ3) is 5.16. The molecular formula is C27H28N6O2. The van der Waals surface area contributed by atoms with Crippen LogP contribution in [0, 0.1) is 0 Å². The molecule has 0 atom stereocenters. The number of nitrogen functional groups attached to an aromatic ring is 1. The minimum absolute atomic E-state index is 0.178. The van der Waals surface area contributed by atoms with Crippen LogP contribution in [0.3, 0.4) is 0 Å². The lowest BCUT2D eigenvalue weighted by atomic mass is 10.1. The first-order valence-electron chi connectivity index (χ1n) is 11.2. The SMILES string of the molecule is CC(C)(C)n1nc(-c2ccc(NC(=O)Nc3ccc(-c4ccccc4)cc3)cc2)c(C(N)=O)c1N. The second-order valence-electron chi connectivity index (χ2n) is 9.16. The molecule has 3 amide bonds. The van der Waals surface area contributed by atoms with Crippen molar-refractivity contribution in [2.24, 2.45) is 5.73 Å². The largest absolute Gasteiger partial charge is 0.383 e. The maximum atomic E-state index is 12.5. The summed E-state index contributed by atoms with van der Waals surface area (Å²) in [6.07, 6.45) is 0. The van der Waals surface area contributed by atoms with Crippen molar-refractivity contribution in [3.05, 3.63) is 84.4 Å². The van der Waals surface area contributed by atoms with Crippen LogP contribution in [-0.4, -0.2) is 21.7 Å². The van der Waals surface area contributed by atoms with Gasteiger partial charge in [0.15, 0.2) is 0 Å². The Labute approximate surface area is 204 Å². The average Bonchev–Trinajstić information content (AvgIpc) is 3.18. The molecular weight excluding hydrogens is 440 g/mol.